The van der Waals surface area contributed by atoms with E-state index in [2.05, 4.69) is 10.3 Å². The van der Waals surface area contributed by atoms with Gasteiger partial charge in [-0.2, -0.15) is 13.2 Å². The summed E-state index contributed by atoms with van der Waals surface area (Å²) in [7, 11) is 1.74. The number of rotatable bonds is 6. The number of aliphatic hydroxyl groups excluding tert-OH is 1. The van der Waals surface area contributed by atoms with E-state index in [-0.39, 0.29) is 18.6 Å². The number of halogens is 3. The largest absolute Gasteiger partial charge is 0.466 e. The Morgan fingerprint density at radius 1 is 1.21 bits per heavy atom. The van der Waals surface area contributed by atoms with Crippen LogP contribution in [0.15, 0.2) is 36.4 Å². The number of carbonyl (C=O) groups is 1. The van der Waals surface area contributed by atoms with Crippen LogP contribution in [0.25, 0.3) is 11.0 Å². The number of aliphatic hydroxyl groups is 1. The van der Waals surface area contributed by atoms with Gasteiger partial charge >= 0.3 is 12.1 Å². The maximum Gasteiger partial charge on any atom is 0.416 e. The van der Waals surface area contributed by atoms with Gasteiger partial charge in [0.25, 0.3) is 0 Å². The Morgan fingerprint density at radius 3 is 2.55 bits per heavy atom. The average molecular weight is 407 g/mol. The van der Waals surface area contributed by atoms with Crippen molar-refractivity contribution in [2.75, 3.05) is 6.61 Å². The molecule has 1 heterocycles. The molecule has 29 heavy (non-hydrogen) atoms. The van der Waals surface area contributed by atoms with Crippen molar-refractivity contribution < 1.29 is 27.8 Å². The average Bonchev–Trinajstić information content (AvgIpc) is 3.05. The lowest BCUT2D eigenvalue weighted by atomic mass is 9.86. The predicted molar refractivity (Wildman–Crippen MR) is 99.0 cm³/mol. The van der Waals surface area contributed by atoms with Crippen LogP contribution in [0.4, 0.5) is 13.2 Å². The zero-order valence-electron chi connectivity index (χ0n) is 15.9. The zero-order chi connectivity index (χ0) is 21.2. The van der Waals surface area contributed by atoms with Gasteiger partial charge in [-0.1, -0.05) is 23.4 Å². The van der Waals surface area contributed by atoms with E-state index in [1.54, 1.807) is 36.9 Å². The summed E-state index contributed by atoms with van der Waals surface area (Å²) in [5.41, 5.74) is 1.40. The number of ether oxygens (including phenoxy) is 1. The second-order valence-electron chi connectivity index (χ2n) is 6.60. The molecule has 0 spiro atoms. The molecule has 0 amide bonds. The Morgan fingerprint density at radius 2 is 1.90 bits per heavy atom. The summed E-state index contributed by atoms with van der Waals surface area (Å²) in [6, 6.07) is 8.87. The molecule has 0 bridgehead atoms. The third-order valence-corrected chi connectivity index (χ3v) is 4.72. The molecule has 0 radical (unpaired) electrons. The number of aromatic nitrogens is 3. The molecule has 1 unspecified atom stereocenters. The molecule has 6 nitrogen and oxygen atoms in total. The zero-order valence-corrected chi connectivity index (χ0v) is 15.9. The number of hydrogen-bond donors (Lipinski definition) is 1. The first-order chi connectivity index (χ1) is 13.7. The lowest BCUT2D eigenvalue weighted by Crippen LogP contribution is -2.14. The fourth-order valence-corrected chi connectivity index (χ4v) is 3.33. The Hall–Kier alpha value is -2.94. The summed E-state index contributed by atoms with van der Waals surface area (Å²) >= 11 is 0. The summed E-state index contributed by atoms with van der Waals surface area (Å²) in [5, 5.41) is 17.5. The molecule has 0 fully saturated rings. The normalized spacial score (nSPS) is 12.9. The van der Waals surface area contributed by atoms with Crippen LogP contribution in [-0.2, 0) is 29.4 Å². The van der Waals surface area contributed by atoms with Gasteiger partial charge in [-0.3, -0.25) is 4.79 Å². The van der Waals surface area contributed by atoms with E-state index in [0.29, 0.717) is 16.6 Å². The summed E-state index contributed by atoms with van der Waals surface area (Å²) in [4.78, 5) is 12.2. The van der Waals surface area contributed by atoms with Crippen LogP contribution in [0.3, 0.4) is 0 Å². The molecule has 1 atom stereocenters. The number of esters is 1. The highest BCUT2D eigenvalue weighted by Crippen LogP contribution is 2.36. The first-order valence-corrected chi connectivity index (χ1v) is 9.00. The van der Waals surface area contributed by atoms with Gasteiger partial charge < -0.3 is 9.84 Å². The van der Waals surface area contributed by atoms with Gasteiger partial charge in [0.05, 0.1) is 30.7 Å². The third kappa shape index (κ3) is 4.40. The van der Waals surface area contributed by atoms with Gasteiger partial charge in [0.2, 0.25) is 0 Å². The molecule has 0 saturated heterocycles. The van der Waals surface area contributed by atoms with Crippen LogP contribution in [0.1, 0.15) is 41.5 Å². The van der Waals surface area contributed by atoms with Crippen LogP contribution in [0.5, 0.6) is 0 Å². The summed E-state index contributed by atoms with van der Waals surface area (Å²) < 4.78 is 46.2. The van der Waals surface area contributed by atoms with Gasteiger partial charge in [-0.15, -0.1) is 5.10 Å². The van der Waals surface area contributed by atoms with Crippen molar-refractivity contribution in [1.82, 2.24) is 15.0 Å². The molecule has 3 rings (SSSR count). The lowest BCUT2D eigenvalue weighted by molar-refractivity contribution is -0.143. The molecular formula is C20H20F3N3O3. The molecular weight excluding hydrogens is 387 g/mol. The molecule has 0 aliphatic heterocycles. The lowest BCUT2D eigenvalue weighted by Gasteiger charge is -2.20. The molecule has 2 aromatic carbocycles. The molecule has 1 aromatic heterocycles. The van der Waals surface area contributed by atoms with E-state index >= 15 is 0 Å². The van der Waals surface area contributed by atoms with Gasteiger partial charge in [-0.25, -0.2) is 4.68 Å². The molecule has 3 aromatic rings. The van der Waals surface area contributed by atoms with E-state index in [4.69, 9.17) is 4.74 Å². The second kappa shape index (κ2) is 8.20. The SMILES string of the molecule is CCOC(=O)CC(c1ccc(C(F)(F)F)c(CO)c1)c1ccc2c(c1)nnn2C. The van der Waals surface area contributed by atoms with Crippen molar-refractivity contribution in [2.45, 2.75) is 32.0 Å². The molecule has 0 aliphatic rings. The van der Waals surface area contributed by atoms with Crippen molar-refractivity contribution in [3.05, 3.63) is 58.7 Å². The van der Waals surface area contributed by atoms with Crippen LogP contribution in [0, 0.1) is 0 Å². The predicted octanol–water partition coefficient (Wildman–Crippen LogP) is 3.56. The quantitative estimate of drug-likeness (QED) is 0.633. The molecule has 0 saturated carbocycles. The number of nitrogens with zero attached hydrogens (tertiary/aromatic N) is 3. The van der Waals surface area contributed by atoms with Gasteiger partial charge in [0.15, 0.2) is 0 Å². The highest BCUT2D eigenvalue weighted by Gasteiger charge is 2.33. The number of aryl methyl sites for hydroxylation is 1. The maximum atomic E-state index is 13.2. The fourth-order valence-electron chi connectivity index (χ4n) is 3.33. The first kappa shape index (κ1) is 20.8. The van der Waals surface area contributed by atoms with Crippen molar-refractivity contribution in [2.24, 2.45) is 7.05 Å². The van der Waals surface area contributed by atoms with Crippen molar-refractivity contribution in [3.8, 4) is 0 Å². The van der Waals surface area contributed by atoms with Gasteiger partial charge in [0.1, 0.15) is 5.52 Å². The van der Waals surface area contributed by atoms with Crippen LogP contribution < -0.4 is 0 Å². The van der Waals surface area contributed by atoms with E-state index in [1.165, 1.54) is 12.1 Å². The van der Waals surface area contributed by atoms with Crippen molar-refractivity contribution in [3.63, 3.8) is 0 Å². The minimum absolute atomic E-state index is 0.0597. The fraction of sp³-hybridized carbons (Fsp3) is 0.350. The van der Waals surface area contributed by atoms with Crippen molar-refractivity contribution in [1.29, 1.82) is 0 Å². The minimum atomic E-state index is -4.58. The monoisotopic (exact) mass is 407 g/mol. The van der Waals surface area contributed by atoms with E-state index in [9.17, 15) is 23.1 Å². The minimum Gasteiger partial charge on any atom is -0.466 e. The number of fused-ring (bicyclic) bond motifs is 1. The van der Waals surface area contributed by atoms with E-state index in [0.717, 1.165) is 11.6 Å². The molecule has 0 aliphatic carbocycles. The van der Waals surface area contributed by atoms with Crippen LogP contribution in [0.2, 0.25) is 0 Å². The Bertz CT molecular complexity index is 1030. The van der Waals surface area contributed by atoms with E-state index in [1.807, 2.05) is 0 Å². The Balaban J connectivity index is 2.08. The smallest absolute Gasteiger partial charge is 0.416 e. The Kier molecular flexibility index (Phi) is 5.88. The topological polar surface area (TPSA) is 77.2 Å². The number of benzene rings is 2. The first-order valence-electron chi connectivity index (χ1n) is 9.00. The molecule has 1 N–H and O–H groups in total. The summed E-state index contributed by atoms with van der Waals surface area (Å²) in [5.74, 6) is -1.03. The highest BCUT2D eigenvalue weighted by atomic mass is 19.4. The van der Waals surface area contributed by atoms with Gasteiger partial charge in [0, 0.05) is 13.0 Å². The summed E-state index contributed by atoms with van der Waals surface area (Å²) in [6.45, 7) is 1.11. The maximum absolute atomic E-state index is 13.2. The molecule has 9 heteroatoms. The standard InChI is InChI=1S/C20H20F3N3O3/c1-3-29-19(28)10-15(13-5-7-18-17(9-13)24-25-26(18)2)12-4-6-16(20(21,22)23)14(8-12)11-27/h4-9,15,27H,3,10-11H2,1-2H3. The highest BCUT2D eigenvalue weighted by molar-refractivity contribution is 5.76. The third-order valence-electron chi connectivity index (χ3n) is 4.72. The van der Waals surface area contributed by atoms with Crippen molar-refractivity contribution >= 4 is 17.0 Å². The number of alkyl halides is 3. The number of hydrogen-bond acceptors (Lipinski definition) is 5. The second-order valence-corrected chi connectivity index (χ2v) is 6.60. The molecule has 154 valence electrons. The van der Waals surface area contributed by atoms with Crippen LogP contribution in [-0.4, -0.2) is 32.7 Å². The number of carbonyl (C=O) groups excluding carboxylic acids is 1. The van der Waals surface area contributed by atoms with Gasteiger partial charge in [-0.05, 0) is 41.8 Å². The van der Waals surface area contributed by atoms with Crippen LogP contribution >= 0.6 is 0 Å². The van der Waals surface area contributed by atoms with E-state index < -0.39 is 30.2 Å². The summed E-state index contributed by atoms with van der Waals surface area (Å²) in [6.07, 6.45) is -4.64. The Labute approximate surface area is 164 Å².